The first kappa shape index (κ1) is 26.3. The predicted molar refractivity (Wildman–Crippen MR) is 151 cm³/mol. The van der Waals surface area contributed by atoms with Crippen molar-refractivity contribution >= 4 is 23.3 Å². The fourth-order valence-corrected chi connectivity index (χ4v) is 5.98. The summed E-state index contributed by atoms with van der Waals surface area (Å²) in [6, 6.07) is 15.7. The number of aromatic nitrogens is 2. The summed E-state index contributed by atoms with van der Waals surface area (Å²) in [6.07, 6.45) is 2.84. The van der Waals surface area contributed by atoms with Gasteiger partial charge in [-0.3, -0.25) is 9.88 Å². The molecule has 0 spiro atoms. The van der Waals surface area contributed by atoms with Crippen LogP contribution in [0.2, 0.25) is 0 Å². The lowest BCUT2D eigenvalue weighted by atomic mass is 9.96. The fourth-order valence-electron chi connectivity index (χ4n) is 5.65. The Kier molecular flexibility index (Phi) is 8.06. The second-order valence-electron chi connectivity index (χ2n) is 9.83. The van der Waals surface area contributed by atoms with E-state index in [2.05, 4.69) is 50.6 Å². The molecule has 2 aromatic heterocycles. The van der Waals surface area contributed by atoms with Crippen LogP contribution in [0.4, 0.5) is 0 Å². The average molecular weight is 534 g/mol. The van der Waals surface area contributed by atoms with Crippen LogP contribution in [0.15, 0.2) is 54.7 Å². The molecule has 2 saturated heterocycles. The number of morpholine rings is 1. The monoisotopic (exact) mass is 533 g/mol. The van der Waals surface area contributed by atoms with E-state index in [4.69, 9.17) is 21.7 Å². The van der Waals surface area contributed by atoms with E-state index in [0.717, 1.165) is 73.7 Å². The summed E-state index contributed by atoms with van der Waals surface area (Å²) in [4.78, 5) is 21.7. The van der Waals surface area contributed by atoms with Crippen molar-refractivity contribution in [3.63, 3.8) is 0 Å². The predicted octanol–water partition coefficient (Wildman–Crippen LogP) is 3.97. The number of carbonyl (C=O) groups is 1. The minimum Gasteiger partial charge on any atom is -0.465 e. The number of pyridine rings is 1. The van der Waals surface area contributed by atoms with E-state index in [1.165, 1.54) is 12.7 Å². The van der Waals surface area contributed by atoms with Gasteiger partial charge < -0.3 is 24.3 Å². The zero-order valence-electron chi connectivity index (χ0n) is 22.2. The molecule has 38 heavy (non-hydrogen) atoms. The maximum Gasteiger partial charge on any atom is 0.337 e. The number of ether oxygens (including phenoxy) is 2. The molecule has 2 fully saturated rings. The normalized spacial score (nSPS) is 20.0. The topological polar surface area (TPSA) is 71.9 Å². The second-order valence-corrected chi connectivity index (χ2v) is 10.2. The molecule has 8 nitrogen and oxygen atoms in total. The van der Waals surface area contributed by atoms with Crippen LogP contribution in [0, 0.1) is 13.8 Å². The molecule has 1 N–H and O–H groups in total. The van der Waals surface area contributed by atoms with Crippen LogP contribution in [0.5, 0.6) is 0 Å². The molecule has 9 heteroatoms. The zero-order valence-corrected chi connectivity index (χ0v) is 23.0. The number of benzene rings is 1. The maximum atomic E-state index is 12.2. The second kappa shape index (κ2) is 11.6. The first-order chi connectivity index (χ1) is 18.5. The van der Waals surface area contributed by atoms with E-state index in [9.17, 15) is 4.79 Å². The highest BCUT2D eigenvalue weighted by Crippen LogP contribution is 2.41. The number of aryl methyl sites for hydroxylation is 1. The number of rotatable bonds is 8. The summed E-state index contributed by atoms with van der Waals surface area (Å²) in [5.74, 6) is -0.346. The quantitative estimate of drug-likeness (QED) is 0.345. The lowest BCUT2D eigenvalue weighted by molar-refractivity contribution is 0.0365. The number of thiocarbonyl (C=S) groups is 1. The van der Waals surface area contributed by atoms with E-state index in [1.54, 1.807) is 6.07 Å². The number of carbonyl (C=O) groups excluding carboxylic acids is 1. The van der Waals surface area contributed by atoms with Crippen LogP contribution in [-0.2, 0) is 9.47 Å². The third-order valence-corrected chi connectivity index (χ3v) is 7.84. The molecule has 2 aliphatic rings. The lowest BCUT2D eigenvalue weighted by Crippen LogP contribution is -2.39. The summed E-state index contributed by atoms with van der Waals surface area (Å²) in [7, 11) is 1.40. The summed E-state index contributed by atoms with van der Waals surface area (Å²) >= 11 is 5.90. The van der Waals surface area contributed by atoms with Crippen LogP contribution in [-0.4, -0.2) is 76.9 Å². The van der Waals surface area contributed by atoms with Crippen molar-refractivity contribution in [2.24, 2.45) is 0 Å². The van der Waals surface area contributed by atoms with Gasteiger partial charge in [0.2, 0.25) is 0 Å². The summed E-state index contributed by atoms with van der Waals surface area (Å²) in [5.41, 5.74) is 5.81. The molecule has 1 aromatic carbocycles. The van der Waals surface area contributed by atoms with E-state index >= 15 is 0 Å². The van der Waals surface area contributed by atoms with E-state index in [0.29, 0.717) is 5.56 Å². The van der Waals surface area contributed by atoms with Gasteiger partial charge in [0, 0.05) is 49.5 Å². The Bertz CT molecular complexity index is 1290. The highest BCUT2D eigenvalue weighted by molar-refractivity contribution is 7.80. The molecule has 2 unspecified atom stereocenters. The molecule has 0 radical (unpaired) electrons. The molecule has 0 bridgehead atoms. The molecule has 3 aromatic rings. The Balaban J connectivity index is 1.48. The van der Waals surface area contributed by atoms with Gasteiger partial charge in [-0.15, -0.1) is 0 Å². The molecule has 200 valence electrons. The van der Waals surface area contributed by atoms with E-state index in [1.807, 2.05) is 36.5 Å². The summed E-state index contributed by atoms with van der Waals surface area (Å²) in [5, 5.41) is 4.33. The zero-order chi connectivity index (χ0) is 26.6. The molecular weight excluding hydrogens is 498 g/mol. The largest absolute Gasteiger partial charge is 0.465 e. The Hall–Kier alpha value is -3.27. The van der Waals surface area contributed by atoms with Gasteiger partial charge in [-0.2, -0.15) is 0 Å². The molecule has 0 saturated carbocycles. The Labute approximate surface area is 229 Å². The summed E-state index contributed by atoms with van der Waals surface area (Å²) < 4.78 is 12.7. The van der Waals surface area contributed by atoms with Gasteiger partial charge in [0.15, 0.2) is 5.11 Å². The van der Waals surface area contributed by atoms with Gasteiger partial charge in [0.05, 0.1) is 43.7 Å². The maximum absolute atomic E-state index is 12.2. The smallest absolute Gasteiger partial charge is 0.337 e. The van der Waals surface area contributed by atoms with Crippen molar-refractivity contribution in [3.05, 3.63) is 82.9 Å². The average Bonchev–Trinajstić information content (AvgIpc) is 3.43. The standard InChI is InChI=1S/C29H35N5O3S/c1-20-18-24(21(2)34(20)23-9-6-8-22(19-23)28(35)36-3)27-26(25-10-4-5-11-30-25)31-29(38)33(27)13-7-12-32-14-16-37-17-15-32/h4-6,8-11,18-19,26-27H,7,12-17H2,1-3H3,(H,31,38). The minimum atomic E-state index is -0.346. The van der Waals surface area contributed by atoms with Crippen LogP contribution in [0.3, 0.4) is 0 Å². The van der Waals surface area contributed by atoms with Gasteiger partial charge in [0.25, 0.3) is 0 Å². The van der Waals surface area contributed by atoms with Crippen molar-refractivity contribution in [1.29, 1.82) is 0 Å². The Morgan fingerprint density at radius 3 is 2.68 bits per heavy atom. The lowest BCUT2D eigenvalue weighted by Gasteiger charge is -2.30. The van der Waals surface area contributed by atoms with Gasteiger partial charge in [0.1, 0.15) is 0 Å². The molecule has 5 rings (SSSR count). The molecule has 0 aliphatic carbocycles. The molecular formula is C29H35N5O3S. The van der Waals surface area contributed by atoms with Gasteiger partial charge in [-0.25, -0.2) is 4.79 Å². The van der Waals surface area contributed by atoms with Crippen LogP contribution in [0.25, 0.3) is 5.69 Å². The number of hydrogen-bond acceptors (Lipinski definition) is 6. The third-order valence-electron chi connectivity index (χ3n) is 7.49. The number of hydrogen-bond donors (Lipinski definition) is 1. The fraction of sp³-hybridized carbons (Fsp3) is 0.414. The Morgan fingerprint density at radius 2 is 1.95 bits per heavy atom. The molecule has 0 amide bonds. The minimum absolute atomic E-state index is 0.00849. The number of nitrogens with one attached hydrogen (secondary N) is 1. The summed E-state index contributed by atoms with van der Waals surface area (Å²) in [6.45, 7) is 9.66. The third kappa shape index (κ3) is 5.32. The highest BCUT2D eigenvalue weighted by atomic mass is 32.1. The number of methoxy groups -OCH3 is 1. The van der Waals surface area contributed by atoms with Gasteiger partial charge in [-0.05, 0) is 74.4 Å². The van der Waals surface area contributed by atoms with E-state index in [-0.39, 0.29) is 18.1 Å². The SMILES string of the molecule is COC(=O)c1cccc(-n2c(C)cc(C3C(c4ccccn4)NC(=S)N3CCCN3CCOCC3)c2C)c1. The van der Waals surface area contributed by atoms with Crippen molar-refractivity contribution in [2.75, 3.05) is 46.5 Å². The first-order valence-corrected chi connectivity index (χ1v) is 13.5. The van der Waals surface area contributed by atoms with Crippen molar-refractivity contribution in [1.82, 2.24) is 24.7 Å². The highest BCUT2D eigenvalue weighted by Gasteiger charge is 2.41. The van der Waals surface area contributed by atoms with Crippen LogP contribution >= 0.6 is 12.2 Å². The van der Waals surface area contributed by atoms with Crippen LogP contribution < -0.4 is 5.32 Å². The molecule has 2 atom stereocenters. The molecule has 2 aliphatic heterocycles. The molecule has 4 heterocycles. The first-order valence-electron chi connectivity index (χ1n) is 13.1. The number of esters is 1. The van der Waals surface area contributed by atoms with Crippen molar-refractivity contribution in [3.8, 4) is 5.69 Å². The van der Waals surface area contributed by atoms with Gasteiger partial charge in [-0.1, -0.05) is 12.1 Å². The van der Waals surface area contributed by atoms with Crippen molar-refractivity contribution < 1.29 is 14.3 Å². The van der Waals surface area contributed by atoms with Gasteiger partial charge >= 0.3 is 5.97 Å². The van der Waals surface area contributed by atoms with Crippen molar-refractivity contribution in [2.45, 2.75) is 32.4 Å². The number of nitrogens with zero attached hydrogens (tertiary/aromatic N) is 4. The Morgan fingerprint density at radius 1 is 1.13 bits per heavy atom. The van der Waals surface area contributed by atoms with E-state index < -0.39 is 0 Å². The van der Waals surface area contributed by atoms with Crippen LogP contribution in [0.1, 0.15) is 51.5 Å².